The molecule has 3 rings (SSSR count). The number of rotatable bonds is 6. The second-order valence-electron chi connectivity index (χ2n) is 6.89. The van der Waals surface area contributed by atoms with Gasteiger partial charge in [0.2, 0.25) is 0 Å². The van der Waals surface area contributed by atoms with E-state index in [0.29, 0.717) is 0 Å². The van der Waals surface area contributed by atoms with Crippen LogP contribution in [0.2, 0.25) is 0 Å². The minimum atomic E-state index is 1.21. The van der Waals surface area contributed by atoms with Gasteiger partial charge in [-0.2, -0.15) is 0 Å². The van der Waals surface area contributed by atoms with E-state index in [1.165, 1.54) is 33.4 Å². The van der Waals surface area contributed by atoms with Gasteiger partial charge in [-0.1, -0.05) is 133 Å². The molecule has 3 aromatic carbocycles. The van der Waals surface area contributed by atoms with Crippen molar-refractivity contribution in [1.29, 1.82) is 0 Å². The summed E-state index contributed by atoms with van der Waals surface area (Å²) in [6.07, 6.45) is 13.1. The van der Waals surface area contributed by atoms with Gasteiger partial charge in [0, 0.05) is 0 Å². The van der Waals surface area contributed by atoms with Gasteiger partial charge >= 0.3 is 0 Å². The van der Waals surface area contributed by atoms with Crippen LogP contribution in [0.5, 0.6) is 0 Å². The molecule has 0 nitrogen and oxygen atoms in total. The van der Waals surface area contributed by atoms with Gasteiger partial charge in [0.25, 0.3) is 0 Å². The Labute approximate surface area is 168 Å². The summed E-state index contributed by atoms with van der Waals surface area (Å²) in [5.74, 6) is 0. The largest absolute Gasteiger partial charge is 0.0622 e. The number of benzene rings is 3. The van der Waals surface area contributed by atoms with E-state index in [-0.39, 0.29) is 0 Å². The van der Waals surface area contributed by atoms with Crippen LogP contribution in [0.15, 0.2) is 108 Å². The first kappa shape index (κ1) is 19.4. The Hall–Kier alpha value is -3.38. The Kier molecular flexibility index (Phi) is 6.98. The molecule has 0 fully saturated rings. The second kappa shape index (κ2) is 10.1. The Bertz CT molecular complexity index is 916. The minimum absolute atomic E-state index is 1.21. The molecule has 0 heterocycles. The van der Waals surface area contributed by atoms with Crippen LogP contribution in [0, 0.1) is 0 Å². The molecule has 0 heteroatoms. The summed E-state index contributed by atoms with van der Waals surface area (Å²) < 4.78 is 0. The lowest BCUT2D eigenvalue weighted by molar-refractivity contribution is 1.53. The average molecular weight is 363 g/mol. The molecule has 0 bridgehead atoms. The third-order valence-electron chi connectivity index (χ3n) is 4.44. The lowest BCUT2D eigenvalue weighted by Crippen LogP contribution is -1.81. The summed E-state index contributed by atoms with van der Waals surface area (Å²) in [4.78, 5) is 0. The zero-order valence-electron chi connectivity index (χ0n) is 16.5. The molecule has 28 heavy (non-hydrogen) atoms. The topological polar surface area (TPSA) is 0 Å². The molecule has 0 aliphatic rings. The van der Waals surface area contributed by atoms with E-state index in [9.17, 15) is 0 Å². The van der Waals surface area contributed by atoms with Crippen LogP contribution in [0.25, 0.3) is 24.3 Å². The number of hydrogen-bond acceptors (Lipinski definition) is 0. The molecule has 0 atom stereocenters. The first-order valence-electron chi connectivity index (χ1n) is 9.62. The predicted octanol–water partition coefficient (Wildman–Crippen LogP) is 7.92. The first-order valence-corrected chi connectivity index (χ1v) is 9.62. The maximum atomic E-state index is 2.20. The van der Waals surface area contributed by atoms with Crippen molar-refractivity contribution in [3.63, 3.8) is 0 Å². The van der Waals surface area contributed by atoms with Crippen LogP contribution in [0.3, 0.4) is 0 Å². The quantitative estimate of drug-likeness (QED) is 0.391. The minimum Gasteiger partial charge on any atom is -0.0622 e. The Balaban J connectivity index is 1.76. The molecule has 0 saturated carbocycles. The summed E-state index contributed by atoms with van der Waals surface area (Å²) in [5.41, 5.74) is 7.33. The zero-order valence-corrected chi connectivity index (χ0v) is 16.5. The van der Waals surface area contributed by atoms with E-state index in [0.717, 1.165) is 0 Å². The first-order chi connectivity index (χ1) is 13.7. The molecule has 3 aromatic rings. The van der Waals surface area contributed by atoms with Gasteiger partial charge in [0.15, 0.2) is 0 Å². The average Bonchev–Trinajstić information content (AvgIpc) is 2.73. The van der Waals surface area contributed by atoms with Crippen LogP contribution in [0.1, 0.15) is 36.1 Å². The highest BCUT2D eigenvalue weighted by molar-refractivity contribution is 5.70. The molecule has 0 aliphatic carbocycles. The fourth-order valence-electron chi connectivity index (χ4n) is 2.98. The fraction of sp³-hybridized carbons (Fsp3) is 0.0714. The molecule has 0 radical (unpaired) electrons. The lowest BCUT2D eigenvalue weighted by atomic mass is 10.0. The van der Waals surface area contributed by atoms with Crippen molar-refractivity contribution in [2.24, 2.45) is 0 Å². The van der Waals surface area contributed by atoms with Gasteiger partial charge in [0.05, 0.1) is 0 Å². The van der Waals surface area contributed by atoms with Crippen LogP contribution in [-0.2, 0) is 0 Å². The maximum Gasteiger partial charge on any atom is -0.0184 e. The SMILES string of the molecule is CC(/C=C\c1ccccc1/C=C\C(C)=C\c1ccccc1)=C\c1ccccc1. The van der Waals surface area contributed by atoms with E-state index in [2.05, 4.69) is 123 Å². The normalized spacial score (nSPS) is 12.8. The van der Waals surface area contributed by atoms with Gasteiger partial charge in [-0.3, -0.25) is 0 Å². The Morgan fingerprint density at radius 2 is 0.857 bits per heavy atom. The van der Waals surface area contributed by atoms with Crippen molar-refractivity contribution in [2.75, 3.05) is 0 Å². The Morgan fingerprint density at radius 3 is 1.25 bits per heavy atom. The summed E-state index contributed by atoms with van der Waals surface area (Å²) in [6, 6.07) is 29.3. The second-order valence-corrected chi connectivity index (χ2v) is 6.89. The molecule has 138 valence electrons. The molecule has 0 unspecified atom stereocenters. The standard InChI is InChI=1S/C28H26/c1-23(21-25-11-5-3-6-12-25)17-19-27-15-9-10-16-28(27)20-18-24(2)22-26-13-7-4-8-14-26/h3-22H,1-2H3/b19-17-,20-18-,23-21+,24-22+. The highest BCUT2D eigenvalue weighted by atomic mass is 14.0. The van der Waals surface area contributed by atoms with Crippen LogP contribution in [-0.4, -0.2) is 0 Å². The van der Waals surface area contributed by atoms with Gasteiger partial charge < -0.3 is 0 Å². The number of hydrogen-bond donors (Lipinski definition) is 0. The molecule has 0 saturated heterocycles. The van der Waals surface area contributed by atoms with Crippen molar-refractivity contribution >= 4 is 24.3 Å². The number of allylic oxidation sites excluding steroid dienone is 4. The van der Waals surface area contributed by atoms with Crippen molar-refractivity contribution in [2.45, 2.75) is 13.8 Å². The predicted molar refractivity (Wildman–Crippen MR) is 125 cm³/mol. The summed E-state index contributed by atoms with van der Waals surface area (Å²) in [7, 11) is 0. The van der Waals surface area contributed by atoms with E-state index < -0.39 is 0 Å². The molecule has 0 amide bonds. The van der Waals surface area contributed by atoms with Crippen LogP contribution >= 0.6 is 0 Å². The van der Waals surface area contributed by atoms with E-state index >= 15 is 0 Å². The monoisotopic (exact) mass is 362 g/mol. The van der Waals surface area contributed by atoms with Gasteiger partial charge in [-0.05, 0) is 36.1 Å². The molecular formula is C28H26. The van der Waals surface area contributed by atoms with Crippen molar-refractivity contribution in [1.82, 2.24) is 0 Å². The highest BCUT2D eigenvalue weighted by Gasteiger charge is 1.95. The summed E-state index contributed by atoms with van der Waals surface area (Å²) >= 11 is 0. The molecule has 0 aromatic heterocycles. The van der Waals surface area contributed by atoms with E-state index in [1.807, 2.05) is 12.1 Å². The van der Waals surface area contributed by atoms with Gasteiger partial charge in [-0.25, -0.2) is 0 Å². The van der Waals surface area contributed by atoms with Gasteiger partial charge in [0.1, 0.15) is 0 Å². The van der Waals surface area contributed by atoms with E-state index in [4.69, 9.17) is 0 Å². The van der Waals surface area contributed by atoms with Crippen LogP contribution < -0.4 is 0 Å². The smallest absolute Gasteiger partial charge is 0.0184 e. The summed E-state index contributed by atoms with van der Waals surface area (Å²) in [6.45, 7) is 4.27. The fourth-order valence-corrected chi connectivity index (χ4v) is 2.98. The maximum absolute atomic E-state index is 2.20. The molecule has 0 spiro atoms. The highest BCUT2D eigenvalue weighted by Crippen LogP contribution is 2.17. The lowest BCUT2D eigenvalue weighted by Gasteiger charge is -2.02. The molecular weight excluding hydrogens is 336 g/mol. The molecule has 0 aliphatic heterocycles. The third kappa shape index (κ3) is 6.10. The Morgan fingerprint density at radius 1 is 0.500 bits per heavy atom. The summed E-state index contributed by atoms with van der Waals surface area (Å²) in [5, 5.41) is 0. The zero-order chi connectivity index (χ0) is 19.6. The van der Waals surface area contributed by atoms with E-state index in [1.54, 1.807) is 0 Å². The van der Waals surface area contributed by atoms with Gasteiger partial charge in [-0.15, -0.1) is 0 Å². The third-order valence-corrected chi connectivity index (χ3v) is 4.44. The molecule has 0 N–H and O–H groups in total. The van der Waals surface area contributed by atoms with Crippen molar-refractivity contribution in [3.05, 3.63) is 130 Å². The van der Waals surface area contributed by atoms with Crippen molar-refractivity contribution in [3.8, 4) is 0 Å². The van der Waals surface area contributed by atoms with Crippen LogP contribution in [0.4, 0.5) is 0 Å². The van der Waals surface area contributed by atoms with Crippen molar-refractivity contribution < 1.29 is 0 Å².